The van der Waals surface area contributed by atoms with Crippen LogP contribution in [-0.2, 0) is 4.74 Å². The van der Waals surface area contributed by atoms with Crippen molar-refractivity contribution in [1.29, 1.82) is 0 Å². The van der Waals surface area contributed by atoms with E-state index in [1.807, 2.05) is 20.8 Å². The molecule has 0 unspecified atom stereocenters. The van der Waals surface area contributed by atoms with Crippen molar-refractivity contribution in [3.63, 3.8) is 0 Å². The Balaban J connectivity index is 1.77. The van der Waals surface area contributed by atoms with Gasteiger partial charge in [-0.05, 0) is 27.2 Å². The van der Waals surface area contributed by atoms with Gasteiger partial charge < -0.3 is 15.0 Å². The predicted octanol–water partition coefficient (Wildman–Crippen LogP) is 1.26. The summed E-state index contributed by atoms with van der Waals surface area (Å²) in [6.07, 6.45) is 4.96. The van der Waals surface area contributed by atoms with E-state index < -0.39 is 5.60 Å². The van der Waals surface area contributed by atoms with Gasteiger partial charge >= 0.3 is 6.09 Å². The first-order valence-electron chi connectivity index (χ1n) is 7.36. The number of aromatic nitrogens is 2. The monoisotopic (exact) mass is 306 g/mol. The number of likely N-dealkylation sites (tertiary alicyclic amines) is 1. The number of nitrogens with one attached hydrogen (secondary N) is 1. The van der Waals surface area contributed by atoms with Crippen LogP contribution in [0, 0.1) is 0 Å². The number of nitrogens with zero attached hydrogens (tertiary/aromatic N) is 3. The molecule has 0 aromatic carbocycles. The number of Topliss-reactive ketones (excluding diaryl/α,β-unsaturated/α-hetero) is 1. The van der Waals surface area contributed by atoms with Gasteiger partial charge in [-0.25, -0.2) is 9.78 Å². The zero-order valence-corrected chi connectivity index (χ0v) is 13.2. The van der Waals surface area contributed by atoms with Crippen LogP contribution >= 0.6 is 0 Å². The highest BCUT2D eigenvalue weighted by atomic mass is 16.6. The number of carbonyl (C=O) groups is 2. The Bertz CT molecular complexity index is 527. The molecule has 1 aromatic rings. The highest BCUT2D eigenvalue weighted by molar-refractivity contribution is 5.95. The number of ketones is 1. The van der Waals surface area contributed by atoms with Crippen LogP contribution < -0.4 is 5.32 Å². The van der Waals surface area contributed by atoms with Crippen molar-refractivity contribution >= 4 is 11.9 Å². The van der Waals surface area contributed by atoms with E-state index in [2.05, 4.69) is 15.3 Å². The molecule has 1 amide bonds. The Morgan fingerprint density at radius 3 is 2.82 bits per heavy atom. The minimum absolute atomic E-state index is 0.0909. The Morgan fingerprint density at radius 1 is 1.41 bits per heavy atom. The van der Waals surface area contributed by atoms with Crippen molar-refractivity contribution in [2.24, 2.45) is 0 Å². The van der Waals surface area contributed by atoms with Gasteiger partial charge in [-0.15, -0.1) is 0 Å². The lowest BCUT2D eigenvalue weighted by atomic mass is 10.2. The maximum Gasteiger partial charge on any atom is 0.410 e. The van der Waals surface area contributed by atoms with Crippen LogP contribution in [0.5, 0.6) is 0 Å². The molecule has 0 aliphatic carbocycles. The van der Waals surface area contributed by atoms with Gasteiger partial charge in [-0.1, -0.05) is 0 Å². The zero-order valence-electron chi connectivity index (χ0n) is 13.2. The van der Waals surface area contributed by atoms with Gasteiger partial charge in [0.25, 0.3) is 0 Å². The number of ether oxygens (including phenoxy) is 1. The molecule has 0 bridgehead atoms. The van der Waals surface area contributed by atoms with Gasteiger partial charge in [-0.3, -0.25) is 9.78 Å². The third-order valence-corrected chi connectivity index (χ3v) is 3.24. The topological polar surface area (TPSA) is 84.4 Å². The molecule has 0 spiro atoms. The van der Waals surface area contributed by atoms with E-state index in [-0.39, 0.29) is 24.5 Å². The van der Waals surface area contributed by atoms with Gasteiger partial charge in [0, 0.05) is 31.5 Å². The molecule has 2 rings (SSSR count). The summed E-state index contributed by atoms with van der Waals surface area (Å²) in [5, 5.41) is 3.16. The van der Waals surface area contributed by atoms with Gasteiger partial charge in [-0.2, -0.15) is 0 Å². The molecule has 7 heteroatoms. The number of carbonyl (C=O) groups excluding carboxylic acids is 2. The lowest BCUT2D eigenvalue weighted by Crippen LogP contribution is -2.39. The molecule has 1 aliphatic rings. The summed E-state index contributed by atoms with van der Waals surface area (Å²) in [5.41, 5.74) is -0.151. The standard InChI is InChI=1S/C15H22N4O3/c1-15(2,3)22-14(21)19-7-4-11(10-19)18-9-13(20)12-8-16-5-6-17-12/h5-6,8,11,18H,4,7,9-10H2,1-3H3/t11-/m1/s1. The Hall–Kier alpha value is -2.02. The minimum Gasteiger partial charge on any atom is -0.444 e. The van der Waals surface area contributed by atoms with Crippen molar-refractivity contribution in [3.05, 3.63) is 24.3 Å². The van der Waals surface area contributed by atoms with Crippen LogP contribution in [0.15, 0.2) is 18.6 Å². The van der Waals surface area contributed by atoms with E-state index in [1.54, 1.807) is 4.90 Å². The van der Waals surface area contributed by atoms with Crippen LogP contribution in [-0.4, -0.2) is 58.0 Å². The summed E-state index contributed by atoms with van der Waals surface area (Å²) in [4.78, 5) is 33.4. The molecule has 2 heterocycles. The van der Waals surface area contributed by atoms with Crippen molar-refractivity contribution in [1.82, 2.24) is 20.2 Å². The number of hydrogen-bond acceptors (Lipinski definition) is 6. The van der Waals surface area contributed by atoms with E-state index in [1.165, 1.54) is 18.6 Å². The van der Waals surface area contributed by atoms with Gasteiger partial charge in [0.1, 0.15) is 11.3 Å². The average molecular weight is 306 g/mol. The summed E-state index contributed by atoms with van der Waals surface area (Å²) in [6.45, 7) is 6.89. The molecule has 7 nitrogen and oxygen atoms in total. The summed E-state index contributed by atoms with van der Waals surface area (Å²) in [5.74, 6) is -0.108. The SMILES string of the molecule is CC(C)(C)OC(=O)N1CC[C@@H](NCC(=O)c2cnccn2)C1. The molecule has 1 aromatic heterocycles. The van der Waals surface area contributed by atoms with E-state index in [0.29, 0.717) is 18.8 Å². The minimum atomic E-state index is -0.495. The first kappa shape index (κ1) is 16.4. The number of rotatable bonds is 4. The van der Waals surface area contributed by atoms with Crippen molar-refractivity contribution in [2.75, 3.05) is 19.6 Å². The van der Waals surface area contributed by atoms with Crippen LogP contribution in [0.25, 0.3) is 0 Å². The first-order chi connectivity index (χ1) is 10.3. The smallest absolute Gasteiger partial charge is 0.410 e. The molecule has 120 valence electrons. The summed E-state index contributed by atoms with van der Waals surface area (Å²) in [7, 11) is 0. The predicted molar refractivity (Wildman–Crippen MR) is 80.6 cm³/mol. The molecular formula is C15H22N4O3. The Labute approximate surface area is 130 Å². The normalized spacial score (nSPS) is 18.3. The fourth-order valence-corrected chi connectivity index (χ4v) is 2.19. The third-order valence-electron chi connectivity index (χ3n) is 3.24. The maximum atomic E-state index is 12.0. The van der Waals surface area contributed by atoms with Gasteiger partial charge in [0.15, 0.2) is 5.78 Å². The fraction of sp³-hybridized carbons (Fsp3) is 0.600. The highest BCUT2D eigenvalue weighted by Crippen LogP contribution is 2.15. The second-order valence-corrected chi connectivity index (χ2v) is 6.31. The molecule has 0 radical (unpaired) electrons. The van der Waals surface area contributed by atoms with Gasteiger partial charge in [0.05, 0.1) is 12.7 Å². The Morgan fingerprint density at radius 2 is 2.18 bits per heavy atom. The molecule has 22 heavy (non-hydrogen) atoms. The van der Waals surface area contributed by atoms with Crippen LogP contribution in [0.2, 0.25) is 0 Å². The lowest BCUT2D eigenvalue weighted by molar-refractivity contribution is 0.0291. The Kier molecular flexibility index (Phi) is 5.07. The summed E-state index contributed by atoms with van der Waals surface area (Å²) in [6, 6.07) is 0.0909. The van der Waals surface area contributed by atoms with Gasteiger partial charge in [0.2, 0.25) is 0 Å². The third kappa shape index (κ3) is 4.77. The van der Waals surface area contributed by atoms with E-state index >= 15 is 0 Å². The van der Waals surface area contributed by atoms with Crippen molar-refractivity contribution < 1.29 is 14.3 Å². The fourth-order valence-electron chi connectivity index (χ4n) is 2.19. The second kappa shape index (κ2) is 6.83. The van der Waals surface area contributed by atoms with Crippen molar-refractivity contribution in [2.45, 2.75) is 38.8 Å². The summed E-state index contributed by atoms with van der Waals surface area (Å²) >= 11 is 0. The van der Waals surface area contributed by atoms with Crippen LogP contribution in [0.1, 0.15) is 37.7 Å². The molecule has 1 fully saturated rings. The summed E-state index contributed by atoms with van der Waals surface area (Å²) < 4.78 is 5.34. The largest absolute Gasteiger partial charge is 0.444 e. The molecule has 1 atom stereocenters. The maximum absolute atomic E-state index is 12.0. The molecule has 0 saturated carbocycles. The average Bonchev–Trinajstić information content (AvgIpc) is 2.93. The molecular weight excluding hydrogens is 284 g/mol. The molecule has 1 aliphatic heterocycles. The molecule has 1 N–H and O–H groups in total. The number of hydrogen-bond donors (Lipinski definition) is 1. The lowest BCUT2D eigenvalue weighted by Gasteiger charge is -2.24. The number of amides is 1. The zero-order chi connectivity index (χ0) is 16.2. The highest BCUT2D eigenvalue weighted by Gasteiger charge is 2.29. The van der Waals surface area contributed by atoms with Crippen LogP contribution in [0.3, 0.4) is 0 Å². The van der Waals surface area contributed by atoms with Crippen LogP contribution in [0.4, 0.5) is 4.79 Å². The first-order valence-corrected chi connectivity index (χ1v) is 7.36. The van der Waals surface area contributed by atoms with E-state index in [9.17, 15) is 9.59 Å². The van der Waals surface area contributed by atoms with Crippen molar-refractivity contribution in [3.8, 4) is 0 Å². The molecule has 1 saturated heterocycles. The van der Waals surface area contributed by atoms with E-state index in [0.717, 1.165) is 6.42 Å². The van der Waals surface area contributed by atoms with E-state index in [4.69, 9.17) is 4.74 Å². The quantitative estimate of drug-likeness (QED) is 0.843. The second-order valence-electron chi connectivity index (χ2n) is 6.31.